The minimum atomic E-state index is 0.912. The molecule has 1 unspecified atom stereocenters. The second kappa shape index (κ2) is 4.61. The summed E-state index contributed by atoms with van der Waals surface area (Å²) < 4.78 is 0. The Morgan fingerprint density at radius 2 is 1.92 bits per heavy atom. The van der Waals surface area contributed by atoms with E-state index < -0.39 is 0 Å². The summed E-state index contributed by atoms with van der Waals surface area (Å²) in [5.74, 6) is 2.94. The van der Waals surface area contributed by atoms with Crippen molar-refractivity contribution in [2.45, 2.75) is 45.7 Å². The van der Waals surface area contributed by atoms with Crippen LogP contribution in [0, 0.1) is 17.8 Å². The van der Waals surface area contributed by atoms with E-state index in [0.717, 1.165) is 23.4 Å². The van der Waals surface area contributed by atoms with Crippen molar-refractivity contribution in [3.05, 3.63) is 0 Å². The zero-order valence-corrected chi connectivity index (χ0v) is 9.93. The smallest absolute Gasteiger partial charge is 0.0206 e. The Balaban J connectivity index is 2.50. The predicted octanol–water partition coefficient (Wildman–Crippen LogP) is 3.76. The number of rotatable bonds is 2. The van der Waals surface area contributed by atoms with Crippen molar-refractivity contribution >= 4 is 8.58 Å². The van der Waals surface area contributed by atoms with Gasteiger partial charge >= 0.3 is 0 Å². The molecule has 1 aliphatic carbocycles. The molecule has 1 saturated carbocycles. The van der Waals surface area contributed by atoms with Crippen molar-refractivity contribution in [2.24, 2.45) is 17.8 Å². The lowest BCUT2D eigenvalue weighted by atomic mass is 9.77. The summed E-state index contributed by atoms with van der Waals surface area (Å²) in [5.41, 5.74) is 1.05. The van der Waals surface area contributed by atoms with Gasteiger partial charge < -0.3 is 0 Å². The molecule has 0 aromatic rings. The first-order chi connectivity index (χ1) is 5.65. The summed E-state index contributed by atoms with van der Waals surface area (Å²) in [6, 6.07) is 0. The second-order valence-electron chi connectivity index (χ2n) is 4.72. The molecule has 0 heterocycles. The highest BCUT2D eigenvalue weighted by molar-refractivity contribution is 7.37. The van der Waals surface area contributed by atoms with Gasteiger partial charge in [0, 0.05) is 0 Å². The van der Waals surface area contributed by atoms with E-state index in [1.165, 1.54) is 27.8 Å². The van der Waals surface area contributed by atoms with Crippen molar-refractivity contribution in [3.63, 3.8) is 0 Å². The van der Waals surface area contributed by atoms with Crippen LogP contribution in [0.25, 0.3) is 0 Å². The van der Waals surface area contributed by atoms with E-state index in [4.69, 9.17) is 0 Å². The maximum absolute atomic E-state index is 2.42. The molecule has 0 aromatic carbocycles. The second-order valence-corrected chi connectivity index (χ2v) is 6.04. The van der Waals surface area contributed by atoms with Gasteiger partial charge in [0.2, 0.25) is 0 Å². The van der Waals surface area contributed by atoms with E-state index >= 15 is 0 Å². The fourth-order valence-corrected chi connectivity index (χ4v) is 4.15. The molecule has 1 aliphatic rings. The SMILES string of the molecule is CP[C@@H]1C[C@H](C)CC[C@H]1C(C)C. The van der Waals surface area contributed by atoms with E-state index in [1.807, 2.05) is 0 Å². The average molecular weight is 186 g/mol. The summed E-state index contributed by atoms with van der Waals surface area (Å²) >= 11 is 0. The summed E-state index contributed by atoms with van der Waals surface area (Å²) in [6.45, 7) is 9.60. The Bertz CT molecular complexity index is 131. The predicted molar refractivity (Wildman–Crippen MR) is 59.4 cm³/mol. The summed E-state index contributed by atoms with van der Waals surface area (Å²) in [4.78, 5) is 0. The molecule has 0 aliphatic heterocycles. The average Bonchev–Trinajstić information content (AvgIpc) is 2.03. The molecule has 0 bridgehead atoms. The van der Waals surface area contributed by atoms with Gasteiger partial charge in [-0.1, -0.05) is 27.2 Å². The van der Waals surface area contributed by atoms with Crippen LogP contribution in [-0.4, -0.2) is 12.3 Å². The van der Waals surface area contributed by atoms with Crippen molar-refractivity contribution in [1.82, 2.24) is 0 Å². The maximum atomic E-state index is 2.42. The van der Waals surface area contributed by atoms with Gasteiger partial charge in [0.25, 0.3) is 0 Å². The monoisotopic (exact) mass is 186 g/mol. The van der Waals surface area contributed by atoms with Gasteiger partial charge in [-0.25, -0.2) is 0 Å². The summed E-state index contributed by atoms with van der Waals surface area (Å²) in [7, 11) is 1.17. The first-order valence-electron chi connectivity index (χ1n) is 5.32. The van der Waals surface area contributed by atoms with Gasteiger partial charge in [0.1, 0.15) is 0 Å². The molecule has 0 N–H and O–H groups in total. The minimum Gasteiger partial charge on any atom is -0.122 e. The molecule has 0 radical (unpaired) electrons. The van der Waals surface area contributed by atoms with Gasteiger partial charge in [-0.2, -0.15) is 0 Å². The van der Waals surface area contributed by atoms with E-state index in [-0.39, 0.29) is 0 Å². The first kappa shape index (κ1) is 10.5. The van der Waals surface area contributed by atoms with Crippen LogP contribution in [-0.2, 0) is 0 Å². The Morgan fingerprint density at radius 3 is 2.42 bits per heavy atom. The Kier molecular flexibility index (Phi) is 4.03. The van der Waals surface area contributed by atoms with E-state index in [9.17, 15) is 0 Å². The van der Waals surface area contributed by atoms with Gasteiger partial charge in [-0.15, -0.1) is 8.58 Å². The van der Waals surface area contributed by atoms with Crippen LogP contribution in [0.5, 0.6) is 0 Å². The van der Waals surface area contributed by atoms with Crippen LogP contribution in [0.15, 0.2) is 0 Å². The van der Waals surface area contributed by atoms with Crippen LogP contribution in [0.3, 0.4) is 0 Å². The molecule has 0 amide bonds. The Hall–Kier alpha value is 0.430. The molecule has 0 saturated heterocycles. The first-order valence-corrected chi connectivity index (χ1v) is 6.90. The van der Waals surface area contributed by atoms with Gasteiger partial charge in [-0.3, -0.25) is 0 Å². The van der Waals surface area contributed by atoms with Crippen LogP contribution in [0.4, 0.5) is 0 Å². The third-order valence-corrected chi connectivity index (χ3v) is 4.80. The molecule has 4 atom stereocenters. The van der Waals surface area contributed by atoms with E-state index in [0.29, 0.717) is 0 Å². The molecule has 0 aromatic heterocycles. The van der Waals surface area contributed by atoms with Crippen LogP contribution in [0.1, 0.15) is 40.0 Å². The topological polar surface area (TPSA) is 0 Å². The normalized spacial score (nSPS) is 38.2. The molecule has 12 heavy (non-hydrogen) atoms. The van der Waals surface area contributed by atoms with Crippen molar-refractivity contribution < 1.29 is 0 Å². The number of hydrogen-bond acceptors (Lipinski definition) is 0. The molecule has 0 nitrogen and oxygen atoms in total. The lowest BCUT2D eigenvalue weighted by Gasteiger charge is -2.36. The van der Waals surface area contributed by atoms with E-state index in [1.54, 1.807) is 0 Å². The zero-order valence-electron chi connectivity index (χ0n) is 8.93. The number of hydrogen-bond donors (Lipinski definition) is 0. The fourth-order valence-electron chi connectivity index (χ4n) is 2.53. The van der Waals surface area contributed by atoms with Crippen LogP contribution >= 0.6 is 8.58 Å². The van der Waals surface area contributed by atoms with Gasteiger partial charge in [0.15, 0.2) is 0 Å². The van der Waals surface area contributed by atoms with E-state index in [2.05, 4.69) is 27.4 Å². The fraction of sp³-hybridized carbons (Fsp3) is 1.00. The third kappa shape index (κ3) is 2.46. The maximum Gasteiger partial charge on any atom is -0.0206 e. The molecule has 1 rings (SSSR count). The molecular formula is C11H23P. The Labute approximate surface area is 79.3 Å². The lowest BCUT2D eigenvalue weighted by Crippen LogP contribution is -2.28. The van der Waals surface area contributed by atoms with Crippen LogP contribution in [0.2, 0.25) is 0 Å². The largest absolute Gasteiger partial charge is 0.122 e. The lowest BCUT2D eigenvalue weighted by molar-refractivity contribution is 0.243. The summed E-state index contributed by atoms with van der Waals surface area (Å²) in [6.07, 6.45) is 4.46. The Morgan fingerprint density at radius 1 is 1.25 bits per heavy atom. The molecule has 1 fully saturated rings. The van der Waals surface area contributed by atoms with Crippen LogP contribution < -0.4 is 0 Å². The zero-order chi connectivity index (χ0) is 9.14. The van der Waals surface area contributed by atoms with Gasteiger partial charge in [0.05, 0.1) is 0 Å². The summed E-state index contributed by atoms with van der Waals surface area (Å²) in [5, 5.41) is 0. The van der Waals surface area contributed by atoms with Gasteiger partial charge in [-0.05, 0) is 42.9 Å². The standard InChI is InChI=1S/C11H23P/c1-8(2)10-6-5-9(3)7-11(10)12-4/h8-12H,5-7H2,1-4H3/t9-,10+,11-/m1/s1. The van der Waals surface area contributed by atoms with Crippen molar-refractivity contribution in [2.75, 3.05) is 6.66 Å². The molecule has 0 spiro atoms. The molecule has 72 valence electrons. The third-order valence-electron chi connectivity index (χ3n) is 3.39. The quantitative estimate of drug-likeness (QED) is 0.576. The minimum absolute atomic E-state index is 0.912. The van der Waals surface area contributed by atoms with Crippen molar-refractivity contribution in [3.8, 4) is 0 Å². The molecule has 1 heteroatoms. The highest BCUT2D eigenvalue weighted by Gasteiger charge is 2.29. The van der Waals surface area contributed by atoms with Crippen molar-refractivity contribution in [1.29, 1.82) is 0 Å². The highest BCUT2D eigenvalue weighted by atomic mass is 31.1. The highest BCUT2D eigenvalue weighted by Crippen LogP contribution is 2.41. The molecular weight excluding hydrogens is 163 g/mol.